The minimum absolute atomic E-state index is 0. The second-order valence-electron chi connectivity index (χ2n) is 5.26. The molecule has 0 rings (SSSR count). The first-order valence-corrected chi connectivity index (χ1v) is 9.46. The van der Waals surface area contributed by atoms with Crippen LogP contribution in [0.4, 0.5) is 0 Å². The Balaban J connectivity index is -0.000000180. The van der Waals surface area contributed by atoms with E-state index in [0.29, 0.717) is 38.8 Å². The van der Waals surface area contributed by atoms with Crippen LogP contribution < -0.4 is 44.6 Å². The SMILES string of the molecule is NC(N)=NCCCC(N)C(=O)[O-].NC(N)=NCCCC(N)C(=O)[O-].O=P(O)(O)O.[Ca+2]. The molecule has 0 saturated heterocycles. The van der Waals surface area contributed by atoms with E-state index in [1.54, 1.807) is 0 Å². The van der Waals surface area contributed by atoms with Gasteiger partial charge in [0.15, 0.2) is 11.9 Å². The predicted octanol–water partition coefficient (Wildman–Crippen LogP) is -7.08. The molecule has 0 bridgehead atoms. The summed E-state index contributed by atoms with van der Waals surface area (Å²) in [7, 11) is -4.64. The van der Waals surface area contributed by atoms with Gasteiger partial charge in [-0.3, -0.25) is 9.98 Å². The second kappa shape index (κ2) is 21.0. The molecule has 0 aromatic carbocycles. The first kappa shape index (κ1) is 36.2. The molecule has 0 aliphatic heterocycles. The van der Waals surface area contributed by atoms with Crippen molar-refractivity contribution < 1.29 is 39.0 Å². The summed E-state index contributed by atoms with van der Waals surface area (Å²) >= 11 is 0. The molecule has 0 aliphatic rings. The van der Waals surface area contributed by atoms with Crippen LogP contribution in [0.15, 0.2) is 9.98 Å². The van der Waals surface area contributed by atoms with Crippen molar-refractivity contribution >= 4 is 69.4 Å². The smallest absolute Gasteiger partial charge is 0.548 e. The van der Waals surface area contributed by atoms with Gasteiger partial charge in [0.2, 0.25) is 0 Å². The first-order valence-electron chi connectivity index (χ1n) is 7.89. The zero-order chi connectivity index (χ0) is 23.6. The molecular weight excluding hydrogens is 455 g/mol. The Bertz CT molecular complexity index is 532. The number of nitrogens with zero attached hydrogens (tertiary/aromatic N) is 2. The van der Waals surface area contributed by atoms with Gasteiger partial charge in [-0.15, -0.1) is 0 Å². The van der Waals surface area contributed by atoms with Crippen LogP contribution in [-0.4, -0.2) is 101 Å². The van der Waals surface area contributed by atoms with Crippen molar-refractivity contribution in [1.82, 2.24) is 0 Å². The van der Waals surface area contributed by atoms with Crippen LogP contribution >= 0.6 is 7.82 Å². The average Bonchev–Trinajstić information content (AvgIpc) is 2.53. The number of phosphoric acid groups is 1. The van der Waals surface area contributed by atoms with Crippen molar-refractivity contribution in [1.29, 1.82) is 0 Å². The second-order valence-corrected chi connectivity index (χ2v) is 6.29. The molecule has 0 radical (unpaired) electrons. The summed E-state index contributed by atoms with van der Waals surface area (Å²) in [6, 6.07) is -1.86. The van der Waals surface area contributed by atoms with Gasteiger partial charge in [0.1, 0.15) is 0 Å². The normalized spacial score (nSPS) is 11.6. The Kier molecular flexibility index (Phi) is 25.3. The predicted molar refractivity (Wildman–Crippen MR) is 106 cm³/mol. The number of carbonyl (C=O) groups is 2. The minimum atomic E-state index is -4.64. The van der Waals surface area contributed by atoms with Gasteiger partial charge in [-0.05, 0) is 25.7 Å². The number of guanidine groups is 2. The van der Waals surface area contributed by atoms with Crippen LogP contribution in [-0.2, 0) is 14.2 Å². The topological polar surface area (TPSA) is 339 Å². The van der Waals surface area contributed by atoms with E-state index in [4.69, 9.17) is 53.6 Å². The van der Waals surface area contributed by atoms with Gasteiger partial charge in [-0.25, -0.2) is 4.57 Å². The van der Waals surface area contributed by atoms with Crippen molar-refractivity contribution in [3.63, 3.8) is 0 Å². The van der Waals surface area contributed by atoms with Gasteiger partial charge in [-0.2, -0.15) is 0 Å². The summed E-state index contributed by atoms with van der Waals surface area (Å²) in [5.41, 5.74) is 30.5. The Morgan fingerprint density at radius 1 is 0.800 bits per heavy atom. The summed E-state index contributed by atoms with van der Waals surface area (Å²) < 4.78 is 8.88. The van der Waals surface area contributed by atoms with E-state index in [-0.39, 0.29) is 49.7 Å². The van der Waals surface area contributed by atoms with E-state index in [0.717, 1.165) is 0 Å². The maximum Gasteiger partial charge on any atom is 2.00 e. The standard InChI is InChI=1S/2C6H14N4O2.Ca.H3O4P/c2*7-4(5(11)12)2-1-3-10-6(8)9;;1-5(2,3)4/h2*4H,1-3,7H2,(H,11,12)(H4,8,9,10);;(H3,1,2,3,4)/q;;+2;/p-2. The molecule has 0 aromatic heterocycles. The molecule has 18 heteroatoms. The van der Waals surface area contributed by atoms with E-state index in [1.807, 2.05) is 0 Å². The third-order valence-electron chi connectivity index (χ3n) is 2.54. The third kappa shape index (κ3) is 41.2. The number of hydrogen-bond donors (Lipinski definition) is 9. The number of aliphatic carboxylic acids is 2. The van der Waals surface area contributed by atoms with Crippen LogP contribution in [0.3, 0.4) is 0 Å². The minimum Gasteiger partial charge on any atom is -0.548 e. The summed E-state index contributed by atoms with van der Waals surface area (Å²) in [5, 5.41) is 20.2. The third-order valence-corrected chi connectivity index (χ3v) is 2.54. The van der Waals surface area contributed by atoms with Gasteiger partial charge in [0, 0.05) is 25.2 Å². The quantitative estimate of drug-likeness (QED) is 0.0457. The van der Waals surface area contributed by atoms with E-state index < -0.39 is 31.8 Å². The van der Waals surface area contributed by atoms with Crippen LogP contribution in [0.25, 0.3) is 0 Å². The van der Waals surface area contributed by atoms with Crippen LogP contribution in [0, 0.1) is 0 Å². The summed E-state index contributed by atoms with van der Waals surface area (Å²) in [6.45, 7) is 0.784. The number of carbonyl (C=O) groups excluding carboxylic acids is 2. The Hall–Kier alpha value is -1.23. The molecule has 0 spiro atoms. The fourth-order valence-electron chi connectivity index (χ4n) is 1.27. The van der Waals surface area contributed by atoms with Crippen molar-refractivity contribution in [2.24, 2.45) is 44.4 Å². The molecular formula is C12H29CaN8O8P. The van der Waals surface area contributed by atoms with Gasteiger partial charge in [0.25, 0.3) is 0 Å². The molecule has 172 valence electrons. The van der Waals surface area contributed by atoms with Crippen LogP contribution in [0.1, 0.15) is 25.7 Å². The summed E-state index contributed by atoms with van der Waals surface area (Å²) in [5.74, 6) is -2.51. The van der Waals surface area contributed by atoms with Gasteiger partial charge in [0.05, 0.1) is 11.9 Å². The van der Waals surface area contributed by atoms with Crippen molar-refractivity contribution in [2.45, 2.75) is 37.8 Å². The van der Waals surface area contributed by atoms with Gasteiger partial charge in [-0.1, -0.05) is 0 Å². The largest absolute Gasteiger partial charge is 2.00 e. The van der Waals surface area contributed by atoms with Crippen molar-refractivity contribution in [3.8, 4) is 0 Å². The van der Waals surface area contributed by atoms with E-state index in [9.17, 15) is 19.8 Å². The van der Waals surface area contributed by atoms with Gasteiger partial charge < -0.3 is 68.9 Å². The summed E-state index contributed by atoms with van der Waals surface area (Å²) in [6.07, 6.45) is 1.71. The van der Waals surface area contributed by atoms with E-state index >= 15 is 0 Å². The Morgan fingerprint density at radius 3 is 1.20 bits per heavy atom. The molecule has 0 amide bonds. The molecule has 0 aromatic rings. The maximum absolute atomic E-state index is 10.1. The Morgan fingerprint density at radius 2 is 1.03 bits per heavy atom. The zero-order valence-electron chi connectivity index (χ0n) is 16.3. The number of hydrogen-bond acceptors (Lipinski definition) is 9. The zero-order valence-corrected chi connectivity index (χ0v) is 19.4. The maximum atomic E-state index is 10.1. The fourth-order valence-corrected chi connectivity index (χ4v) is 1.27. The Labute approximate surface area is 203 Å². The molecule has 0 aliphatic carbocycles. The number of carboxylic acid groups (broad SMARTS) is 2. The molecule has 30 heavy (non-hydrogen) atoms. The van der Waals surface area contributed by atoms with Crippen molar-refractivity contribution in [3.05, 3.63) is 0 Å². The van der Waals surface area contributed by atoms with Gasteiger partial charge >= 0.3 is 45.6 Å². The molecule has 0 fully saturated rings. The number of aliphatic imine (C=N–C) groups is 2. The fraction of sp³-hybridized carbons (Fsp3) is 0.667. The molecule has 0 saturated carbocycles. The number of carboxylic acids is 2. The van der Waals surface area contributed by atoms with Crippen LogP contribution in [0.2, 0.25) is 0 Å². The molecule has 15 N–H and O–H groups in total. The number of nitrogens with two attached hydrogens (primary N) is 6. The molecule has 0 heterocycles. The van der Waals surface area contributed by atoms with Crippen molar-refractivity contribution in [2.75, 3.05) is 13.1 Å². The first-order chi connectivity index (χ1) is 13.1. The molecule has 2 unspecified atom stereocenters. The summed E-state index contributed by atoms with van der Waals surface area (Å²) in [4.78, 5) is 49.1. The monoisotopic (exact) mass is 484 g/mol. The molecule has 2 atom stereocenters. The number of rotatable bonds is 10. The van der Waals surface area contributed by atoms with E-state index in [2.05, 4.69) is 9.98 Å². The van der Waals surface area contributed by atoms with E-state index in [1.165, 1.54) is 0 Å². The van der Waals surface area contributed by atoms with Crippen LogP contribution in [0.5, 0.6) is 0 Å². The average molecular weight is 484 g/mol. The molecule has 16 nitrogen and oxygen atoms in total.